The summed E-state index contributed by atoms with van der Waals surface area (Å²) in [5.74, 6) is -3.59. The zero-order valence-corrected chi connectivity index (χ0v) is 38.8. The Morgan fingerprint density at radius 2 is 1.03 bits per heavy atom. The first kappa shape index (κ1) is 52.9. The fraction of sp³-hybridized carbons (Fsp3) is 0.630. The van der Waals surface area contributed by atoms with Crippen molar-refractivity contribution >= 4 is 52.5 Å². The molecule has 0 saturated carbocycles. The third-order valence-corrected chi connectivity index (χ3v) is 8.57. The summed E-state index contributed by atoms with van der Waals surface area (Å²) < 4.78 is 21.8. The second kappa shape index (κ2) is 23.3. The largest absolute Gasteiger partial charge is 0.460 e. The lowest BCUT2D eigenvalue weighted by Gasteiger charge is -2.27. The first-order chi connectivity index (χ1) is 28.5. The van der Waals surface area contributed by atoms with Gasteiger partial charge >= 0.3 is 29.9 Å². The van der Waals surface area contributed by atoms with Crippen LogP contribution in [0.1, 0.15) is 134 Å². The standard InChI is InChI=1S/C46H71N5O11/c1-43(2,3)59-36(52)24-22-32(47)38(54)49-35(28-29-20-21-30-17-13-14-18-31(30)27-29)39(55)48-26-16-15-19-33(40(56)61-45(7,8)9)50-42(58)51-34(41(57)62-46(10,11)12)23-25-37(53)60-44(4,5)6/h13-14,17-18,20-21,27,32-35H,15-16,19,22-26,28,47H2,1-12H3,(H,48,55)(H,49,54)(H2,50,51,58)/t32-,33-,34-,35-/m0/s1. The molecular formula is C46H71N5O11. The summed E-state index contributed by atoms with van der Waals surface area (Å²) in [4.78, 5) is 91.4. The molecule has 346 valence electrons. The van der Waals surface area contributed by atoms with Crippen LogP contribution < -0.4 is 27.0 Å². The van der Waals surface area contributed by atoms with Crippen LogP contribution in [0.15, 0.2) is 42.5 Å². The second-order valence-corrected chi connectivity index (χ2v) is 19.4. The Bertz CT molecular complexity index is 1850. The normalized spacial score (nSPS) is 14.0. The molecule has 0 fully saturated rings. The maximum Gasteiger partial charge on any atom is 0.329 e. The van der Waals surface area contributed by atoms with Crippen molar-refractivity contribution in [2.75, 3.05) is 6.54 Å². The maximum atomic E-state index is 13.7. The highest BCUT2D eigenvalue weighted by atomic mass is 16.6. The van der Waals surface area contributed by atoms with E-state index in [9.17, 15) is 33.6 Å². The average Bonchev–Trinajstić information content (AvgIpc) is 3.11. The van der Waals surface area contributed by atoms with Gasteiger partial charge in [-0.3, -0.25) is 19.2 Å². The van der Waals surface area contributed by atoms with E-state index in [0.29, 0.717) is 12.8 Å². The van der Waals surface area contributed by atoms with Crippen molar-refractivity contribution in [2.24, 2.45) is 5.73 Å². The van der Waals surface area contributed by atoms with E-state index in [2.05, 4.69) is 21.3 Å². The van der Waals surface area contributed by atoms with E-state index in [1.807, 2.05) is 42.5 Å². The number of hydrogen-bond donors (Lipinski definition) is 5. The highest BCUT2D eigenvalue weighted by Gasteiger charge is 2.32. The minimum absolute atomic E-state index is 0.0175. The van der Waals surface area contributed by atoms with E-state index in [-0.39, 0.29) is 45.1 Å². The van der Waals surface area contributed by atoms with E-state index in [4.69, 9.17) is 24.7 Å². The van der Waals surface area contributed by atoms with Crippen LogP contribution in [-0.4, -0.2) is 94.8 Å². The summed E-state index contributed by atoms with van der Waals surface area (Å²) in [6.07, 6.45) is 0.619. The molecule has 0 unspecified atom stereocenters. The van der Waals surface area contributed by atoms with Crippen LogP contribution in [0, 0.1) is 0 Å². The van der Waals surface area contributed by atoms with Gasteiger partial charge in [0.15, 0.2) is 0 Å². The number of esters is 4. The van der Waals surface area contributed by atoms with E-state index in [1.165, 1.54) is 0 Å². The topological polar surface area (TPSA) is 231 Å². The third-order valence-electron chi connectivity index (χ3n) is 8.57. The van der Waals surface area contributed by atoms with Crippen LogP contribution in [0.25, 0.3) is 10.8 Å². The molecule has 2 aromatic rings. The van der Waals surface area contributed by atoms with Gasteiger partial charge in [-0.15, -0.1) is 0 Å². The molecule has 0 radical (unpaired) electrons. The lowest BCUT2D eigenvalue weighted by Crippen LogP contribution is -2.53. The van der Waals surface area contributed by atoms with Gasteiger partial charge in [0.1, 0.15) is 40.5 Å². The summed E-state index contributed by atoms with van der Waals surface area (Å²) in [6, 6.07) is 8.21. The number of urea groups is 1. The molecule has 16 nitrogen and oxygen atoms in total. The zero-order valence-electron chi connectivity index (χ0n) is 38.8. The third kappa shape index (κ3) is 22.0. The van der Waals surface area contributed by atoms with Crippen LogP contribution in [-0.2, 0) is 54.1 Å². The van der Waals surface area contributed by atoms with Crippen molar-refractivity contribution < 1.29 is 52.5 Å². The Kier molecular flexibility index (Phi) is 19.8. The van der Waals surface area contributed by atoms with E-state index in [0.717, 1.165) is 16.3 Å². The van der Waals surface area contributed by atoms with Crippen molar-refractivity contribution in [3.05, 3.63) is 48.0 Å². The van der Waals surface area contributed by atoms with Crippen LogP contribution in [0.5, 0.6) is 0 Å². The molecule has 0 aliphatic carbocycles. The number of unbranched alkanes of at least 4 members (excludes halogenated alkanes) is 1. The summed E-state index contributed by atoms with van der Waals surface area (Å²) in [5.41, 5.74) is 3.76. The zero-order chi connectivity index (χ0) is 47.1. The van der Waals surface area contributed by atoms with Crippen molar-refractivity contribution in [3.63, 3.8) is 0 Å². The van der Waals surface area contributed by atoms with Gasteiger partial charge in [0, 0.05) is 25.8 Å². The predicted molar refractivity (Wildman–Crippen MR) is 236 cm³/mol. The maximum absolute atomic E-state index is 13.7. The number of nitrogens with one attached hydrogen (secondary N) is 4. The molecule has 0 heterocycles. The van der Waals surface area contributed by atoms with Gasteiger partial charge in [-0.1, -0.05) is 42.5 Å². The molecule has 2 rings (SSSR count). The van der Waals surface area contributed by atoms with Gasteiger partial charge in [-0.2, -0.15) is 0 Å². The van der Waals surface area contributed by atoms with Gasteiger partial charge in [-0.25, -0.2) is 14.4 Å². The van der Waals surface area contributed by atoms with Crippen molar-refractivity contribution in [3.8, 4) is 0 Å². The summed E-state index contributed by atoms with van der Waals surface area (Å²) in [6.45, 7) is 20.6. The Hall–Kier alpha value is -5.25. The van der Waals surface area contributed by atoms with E-state index >= 15 is 0 Å². The van der Waals surface area contributed by atoms with Crippen LogP contribution in [0.3, 0.4) is 0 Å². The van der Waals surface area contributed by atoms with Crippen LogP contribution in [0.2, 0.25) is 0 Å². The predicted octanol–water partition coefficient (Wildman–Crippen LogP) is 5.44. The van der Waals surface area contributed by atoms with Crippen molar-refractivity contribution in [1.82, 2.24) is 21.3 Å². The van der Waals surface area contributed by atoms with Gasteiger partial charge < -0.3 is 45.9 Å². The van der Waals surface area contributed by atoms with E-state index in [1.54, 1.807) is 83.1 Å². The average molecular weight is 870 g/mol. The molecule has 62 heavy (non-hydrogen) atoms. The van der Waals surface area contributed by atoms with Crippen molar-refractivity contribution in [1.29, 1.82) is 0 Å². The number of benzene rings is 2. The highest BCUT2D eigenvalue weighted by molar-refractivity contribution is 5.91. The molecule has 0 bridgehead atoms. The van der Waals surface area contributed by atoms with Gasteiger partial charge in [0.05, 0.1) is 6.04 Å². The number of ether oxygens (including phenoxy) is 4. The number of carbonyl (C=O) groups is 7. The lowest BCUT2D eigenvalue weighted by molar-refractivity contribution is -0.159. The molecule has 0 aliphatic heterocycles. The second-order valence-electron chi connectivity index (χ2n) is 19.4. The molecule has 4 atom stereocenters. The van der Waals surface area contributed by atoms with Crippen LogP contribution in [0.4, 0.5) is 4.79 Å². The number of nitrogens with two attached hydrogens (primary N) is 1. The molecule has 0 aromatic heterocycles. The fourth-order valence-electron chi connectivity index (χ4n) is 5.95. The molecule has 2 aromatic carbocycles. The summed E-state index contributed by atoms with van der Waals surface area (Å²) in [5, 5.41) is 12.8. The summed E-state index contributed by atoms with van der Waals surface area (Å²) in [7, 11) is 0. The molecule has 0 spiro atoms. The molecule has 16 heteroatoms. The minimum atomic E-state index is -1.24. The first-order valence-corrected chi connectivity index (χ1v) is 21.3. The number of fused-ring (bicyclic) bond motifs is 1. The van der Waals surface area contributed by atoms with Crippen LogP contribution >= 0.6 is 0 Å². The number of rotatable bonds is 20. The van der Waals surface area contributed by atoms with Gasteiger partial charge in [0.25, 0.3) is 0 Å². The fourth-order valence-corrected chi connectivity index (χ4v) is 5.95. The Balaban J connectivity index is 2.14. The molecule has 0 aliphatic rings. The first-order valence-electron chi connectivity index (χ1n) is 21.3. The molecule has 4 amide bonds. The monoisotopic (exact) mass is 870 g/mol. The SMILES string of the molecule is CC(C)(C)OC(=O)CC[C@H](NC(=O)N[C@@H](CCCCNC(=O)[C@H](Cc1ccc2ccccc2c1)NC(=O)[C@@H](N)CCC(=O)OC(C)(C)C)C(=O)OC(C)(C)C)C(=O)OC(C)(C)C. The Morgan fingerprint density at radius 1 is 0.548 bits per heavy atom. The highest BCUT2D eigenvalue weighted by Crippen LogP contribution is 2.18. The molecule has 6 N–H and O–H groups in total. The van der Waals surface area contributed by atoms with E-state index < -0.39 is 88.3 Å². The number of amides is 4. The number of carbonyl (C=O) groups excluding carboxylic acids is 7. The Labute approximate surface area is 366 Å². The lowest BCUT2D eigenvalue weighted by atomic mass is 10.0. The Morgan fingerprint density at radius 3 is 1.55 bits per heavy atom. The summed E-state index contributed by atoms with van der Waals surface area (Å²) >= 11 is 0. The number of hydrogen-bond acceptors (Lipinski definition) is 12. The quantitative estimate of drug-likeness (QED) is 0.0636. The molecular weight excluding hydrogens is 799 g/mol. The van der Waals surface area contributed by atoms with Gasteiger partial charge in [-0.05, 0) is 132 Å². The van der Waals surface area contributed by atoms with Crippen molar-refractivity contribution in [2.45, 2.75) is 181 Å². The van der Waals surface area contributed by atoms with Gasteiger partial charge in [0.2, 0.25) is 11.8 Å². The smallest absolute Gasteiger partial charge is 0.329 e. The minimum Gasteiger partial charge on any atom is -0.460 e. The molecule has 0 saturated heterocycles.